The van der Waals surface area contributed by atoms with Crippen molar-refractivity contribution in [2.45, 2.75) is 40.5 Å². The zero-order valence-corrected chi connectivity index (χ0v) is 16.6. The smallest absolute Gasteiger partial charge is 0.338 e. The lowest BCUT2D eigenvalue weighted by Gasteiger charge is -2.15. The largest absolute Gasteiger partial charge is 0.483 e. The maximum atomic E-state index is 12.4. The minimum Gasteiger partial charge on any atom is -0.483 e. The Bertz CT molecular complexity index is 827. The minimum absolute atomic E-state index is 0.105. The molecule has 144 valence electrons. The fourth-order valence-electron chi connectivity index (χ4n) is 2.67. The SMILES string of the molecule is CCOC(=O)c1ccc(C)c(NC(=O)COc2cc(C)ccc2C(C)C)c1. The predicted molar refractivity (Wildman–Crippen MR) is 107 cm³/mol. The summed E-state index contributed by atoms with van der Waals surface area (Å²) < 4.78 is 10.8. The number of esters is 1. The fraction of sp³-hybridized carbons (Fsp3) is 0.364. The molecule has 2 aromatic carbocycles. The fourth-order valence-corrected chi connectivity index (χ4v) is 2.67. The third kappa shape index (κ3) is 5.58. The van der Waals surface area contributed by atoms with Crippen LogP contribution in [0.1, 0.15) is 53.7 Å². The highest BCUT2D eigenvalue weighted by Crippen LogP contribution is 2.27. The normalized spacial score (nSPS) is 10.6. The molecule has 0 fully saturated rings. The first kappa shape index (κ1) is 20.5. The molecule has 0 radical (unpaired) electrons. The van der Waals surface area contributed by atoms with Crippen molar-refractivity contribution in [3.05, 3.63) is 58.7 Å². The van der Waals surface area contributed by atoms with Crippen molar-refractivity contribution >= 4 is 17.6 Å². The van der Waals surface area contributed by atoms with Crippen LogP contribution < -0.4 is 10.1 Å². The summed E-state index contributed by atoms with van der Waals surface area (Å²) in [7, 11) is 0. The molecule has 0 aliphatic carbocycles. The van der Waals surface area contributed by atoms with E-state index in [1.165, 1.54) is 0 Å². The summed E-state index contributed by atoms with van der Waals surface area (Å²) >= 11 is 0. The van der Waals surface area contributed by atoms with Gasteiger partial charge in [-0.05, 0) is 61.6 Å². The molecule has 27 heavy (non-hydrogen) atoms. The summed E-state index contributed by atoms with van der Waals surface area (Å²) in [4.78, 5) is 24.2. The summed E-state index contributed by atoms with van der Waals surface area (Å²) in [6, 6.07) is 11.1. The van der Waals surface area contributed by atoms with Gasteiger partial charge in [-0.15, -0.1) is 0 Å². The molecule has 2 aromatic rings. The van der Waals surface area contributed by atoms with Gasteiger partial charge in [0.15, 0.2) is 6.61 Å². The van der Waals surface area contributed by atoms with E-state index in [4.69, 9.17) is 9.47 Å². The highest BCUT2D eigenvalue weighted by molar-refractivity contribution is 5.96. The molecule has 1 amide bonds. The molecule has 2 rings (SSSR count). The van der Waals surface area contributed by atoms with Crippen LogP contribution in [0, 0.1) is 13.8 Å². The lowest BCUT2D eigenvalue weighted by molar-refractivity contribution is -0.118. The van der Waals surface area contributed by atoms with E-state index in [2.05, 4.69) is 19.2 Å². The molecule has 0 saturated carbocycles. The Labute approximate surface area is 160 Å². The van der Waals surface area contributed by atoms with Gasteiger partial charge in [0.25, 0.3) is 5.91 Å². The molecule has 0 aliphatic rings. The van der Waals surface area contributed by atoms with Crippen LogP contribution in [0.4, 0.5) is 5.69 Å². The van der Waals surface area contributed by atoms with Gasteiger partial charge in [0.05, 0.1) is 12.2 Å². The average Bonchev–Trinajstić information content (AvgIpc) is 2.61. The van der Waals surface area contributed by atoms with Gasteiger partial charge in [0, 0.05) is 5.69 Å². The van der Waals surface area contributed by atoms with E-state index in [-0.39, 0.29) is 12.5 Å². The molecule has 0 aromatic heterocycles. The maximum absolute atomic E-state index is 12.4. The Balaban J connectivity index is 2.07. The van der Waals surface area contributed by atoms with Crippen LogP contribution in [0.3, 0.4) is 0 Å². The van der Waals surface area contributed by atoms with E-state index in [1.54, 1.807) is 25.1 Å². The third-order valence-electron chi connectivity index (χ3n) is 4.17. The van der Waals surface area contributed by atoms with E-state index in [0.717, 1.165) is 22.4 Å². The molecule has 5 nitrogen and oxygen atoms in total. The minimum atomic E-state index is -0.411. The number of anilines is 1. The van der Waals surface area contributed by atoms with E-state index < -0.39 is 5.97 Å². The van der Waals surface area contributed by atoms with Crippen LogP contribution in [0.2, 0.25) is 0 Å². The third-order valence-corrected chi connectivity index (χ3v) is 4.17. The Kier molecular flexibility index (Phi) is 6.99. The number of rotatable bonds is 7. The second kappa shape index (κ2) is 9.21. The lowest BCUT2D eigenvalue weighted by Crippen LogP contribution is -2.21. The Morgan fingerprint density at radius 1 is 1.07 bits per heavy atom. The summed E-state index contributed by atoms with van der Waals surface area (Å²) in [6.45, 7) is 9.97. The van der Waals surface area contributed by atoms with Crippen molar-refractivity contribution < 1.29 is 19.1 Å². The van der Waals surface area contributed by atoms with Crippen molar-refractivity contribution in [3.63, 3.8) is 0 Å². The van der Waals surface area contributed by atoms with Crippen molar-refractivity contribution in [2.24, 2.45) is 0 Å². The first-order valence-corrected chi connectivity index (χ1v) is 9.12. The van der Waals surface area contributed by atoms with Crippen molar-refractivity contribution in [3.8, 4) is 5.75 Å². The van der Waals surface area contributed by atoms with Gasteiger partial charge in [-0.1, -0.05) is 32.0 Å². The van der Waals surface area contributed by atoms with Crippen LogP contribution in [0.5, 0.6) is 5.75 Å². The highest BCUT2D eigenvalue weighted by atomic mass is 16.5. The van der Waals surface area contributed by atoms with E-state index >= 15 is 0 Å². The first-order valence-electron chi connectivity index (χ1n) is 9.12. The van der Waals surface area contributed by atoms with Crippen molar-refractivity contribution in [1.29, 1.82) is 0 Å². The van der Waals surface area contributed by atoms with E-state index in [0.29, 0.717) is 23.8 Å². The quantitative estimate of drug-likeness (QED) is 0.723. The summed E-state index contributed by atoms with van der Waals surface area (Å²) in [5.41, 5.74) is 3.97. The van der Waals surface area contributed by atoms with Crippen LogP contribution >= 0.6 is 0 Å². The van der Waals surface area contributed by atoms with Crippen LogP contribution in [0.25, 0.3) is 0 Å². The standard InChI is InChI=1S/C22H27NO4/c1-6-26-22(25)17-9-8-16(5)19(12-17)23-21(24)13-27-20-11-15(4)7-10-18(20)14(2)3/h7-12,14H,6,13H2,1-5H3,(H,23,24). The predicted octanol–water partition coefficient (Wildman–Crippen LogP) is 4.62. The van der Waals surface area contributed by atoms with Gasteiger partial charge < -0.3 is 14.8 Å². The lowest BCUT2D eigenvalue weighted by atomic mass is 10.0. The van der Waals surface area contributed by atoms with E-state index in [1.807, 2.05) is 32.0 Å². The summed E-state index contributed by atoms with van der Waals surface area (Å²) in [5, 5.41) is 2.81. The van der Waals surface area contributed by atoms with Gasteiger partial charge in [-0.25, -0.2) is 4.79 Å². The van der Waals surface area contributed by atoms with Crippen molar-refractivity contribution in [1.82, 2.24) is 0 Å². The van der Waals surface area contributed by atoms with Gasteiger partial charge in [-0.3, -0.25) is 4.79 Å². The van der Waals surface area contributed by atoms with Gasteiger partial charge >= 0.3 is 5.97 Å². The Hall–Kier alpha value is -2.82. The second-order valence-electron chi connectivity index (χ2n) is 6.78. The average molecular weight is 369 g/mol. The molecule has 0 spiro atoms. The molecule has 0 bridgehead atoms. The molecule has 0 heterocycles. The number of nitrogens with one attached hydrogen (secondary N) is 1. The molecule has 0 unspecified atom stereocenters. The second-order valence-corrected chi connectivity index (χ2v) is 6.78. The number of carbonyl (C=O) groups excluding carboxylic acids is 2. The molecule has 1 N–H and O–H groups in total. The highest BCUT2D eigenvalue weighted by Gasteiger charge is 2.13. The molecule has 0 saturated heterocycles. The van der Waals surface area contributed by atoms with Gasteiger partial charge in [-0.2, -0.15) is 0 Å². The zero-order chi connectivity index (χ0) is 20.0. The first-order chi connectivity index (χ1) is 12.8. The van der Waals surface area contributed by atoms with Crippen LogP contribution in [0.15, 0.2) is 36.4 Å². The monoisotopic (exact) mass is 369 g/mol. The summed E-state index contributed by atoms with van der Waals surface area (Å²) in [5.74, 6) is 0.324. The molecule has 0 aliphatic heterocycles. The van der Waals surface area contributed by atoms with Gasteiger partial charge in [0.2, 0.25) is 0 Å². The number of aryl methyl sites for hydroxylation is 2. The zero-order valence-electron chi connectivity index (χ0n) is 16.6. The molecular formula is C22H27NO4. The topological polar surface area (TPSA) is 64.6 Å². The number of ether oxygens (including phenoxy) is 2. The van der Waals surface area contributed by atoms with Gasteiger partial charge in [0.1, 0.15) is 5.75 Å². The number of benzene rings is 2. The van der Waals surface area contributed by atoms with Crippen LogP contribution in [-0.2, 0) is 9.53 Å². The maximum Gasteiger partial charge on any atom is 0.338 e. The Morgan fingerprint density at radius 2 is 1.81 bits per heavy atom. The number of amides is 1. The molecular weight excluding hydrogens is 342 g/mol. The van der Waals surface area contributed by atoms with E-state index in [9.17, 15) is 9.59 Å². The molecule has 5 heteroatoms. The summed E-state index contributed by atoms with van der Waals surface area (Å²) in [6.07, 6.45) is 0. The molecule has 0 atom stereocenters. The van der Waals surface area contributed by atoms with Crippen LogP contribution in [-0.4, -0.2) is 25.1 Å². The number of hydrogen-bond donors (Lipinski definition) is 1. The number of carbonyl (C=O) groups is 2. The number of hydrogen-bond acceptors (Lipinski definition) is 4. The van der Waals surface area contributed by atoms with Crippen molar-refractivity contribution in [2.75, 3.05) is 18.5 Å². The Morgan fingerprint density at radius 3 is 2.48 bits per heavy atom.